The van der Waals surface area contributed by atoms with E-state index in [4.69, 9.17) is 26.8 Å². The molecule has 0 aliphatic carbocycles. The number of nitrogens with one attached hydrogen (secondary N) is 1. The SMILES string of the molecule is CSCCC(N)C(=O)O.CSCCC(NC(=O)CCC(N)C(=O)O)C(=O)O. The van der Waals surface area contributed by atoms with Crippen LogP contribution in [0.1, 0.15) is 25.7 Å². The Kier molecular flexibility index (Phi) is 17.1. The Morgan fingerprint density at radius 2 is 1.26 bits per heavy atom. The zero-order valence-corrected chi connectivity index (χ0v) is 17.1. The second-order valence-corrected chi connectivity index (χ2v) is 7.42. The van der Waals surface area contributed by atoms with Crippen LogP contribution in [-0.4, -0.2) is 81.3 Å². The second kappa shape index (κ2) is 16.7. The Morgan fingerprint density at radius 3 is 1.67 bits per heavy atom. The maximum Gasteiger partial charge on any atom is 0.326 e. The van der Waals surface area contributed by atoms with Crippen LogP contribution in [0.25, 0.3) is 0 Å². The van der Waals surface area contributed by atoms with E-state index in [-0.39, 0.29) is 12.8 Å². The van der Waals surface area contributed by atoms with E-state index in [0.29, 0.717) is 18.6 Å². The molecule has 10 nitrogen and oxygen atoms in total. The fraction of sp³-hybridized carbons (Fsp3) is 0.733. The summed E-state index contributed by atoms with van der Waals surface area (Å²) in [6, 6.07) is -2.73. The summed E-state index contributed by atoms with van der Waals surface area (Å²) in [5.41, 5.74) is 10.4. The average Bonchev–Trinajstić information content (AvgIpc) is 2.60. The third kappa shape index (κ3) is 16.4. The minimum absolute atomic E-state index is 0.0178. The van der Waals surface area contributed by atoms with Gasteiger partial charge in [0, 0.05) is 6.42 Å². The highest BCUT2D eigenvalue weighted by molar-refractivity contribution is 7.98. The smallest absolute Gasteiger partial charge is 0.326 e. The largest absolute Gasteiger partial charge is 0.480 e. The molecule has 0 aromatic heterocycles. The Bertz CT molecular complexity index is 480. The first kappa shape index (κ1) is 27.7. The molecule has 0 aromatic carbocycles. The van der Waals surface area contributed by atoms with E-state index in [1.54, 1.807) is 11.8 Å². The van der Waals surface area contributed by atoms with E-state index in [1.807, 2.05) is 12.5 Å². The standard InChI is InChI=1S/C10H18N2O5S.C5H11NO2S/c1-18-5-4-7(10(16)17)12-8(13)3-2-6(11)9(14)15;1-9-3-2-4(6)5(7)8/h6-7H,2-5,11H2,1H3,(H,12,13)(H,14,15)(H,16,17);4H,2-3,6H2,1H3,(H,7,8). The maximum atomic E-state index is 11.4. The summed E-state index contributed by atoms with van der Waals surface area (Å²) in [6.45, 7) is 0. The average molecular weight is 428 g/mol. The zero-order valence-electron chi connectivity index (χ0n) is 15.4. The minimum Gasteiger partial charge on any atom is -0.480 e. The molecule has 0 saturated carbocycles. The number of amides is 1. The number of carboxylic acid groups (broad SMARTS) is 3. The van der Waals surface area contributed by atoms with Crippen LogP contribution in [0.4, 0.5) is 0 Å². The number of thioether (sulfide) groups is 2. The van der Waals surface area contributed by atoms with Crippen LogP contribution >= 0.6 is 23.5 Å². The lowest BCUT2D eigenvalue weighted by Gasteiger charge is -2.14. The lowest BCUT2D eigenvalue weighted by molar-refractivity contribution is -0.142. The quantitative estimate of drug-likeness (QED) is 0.225. The van der Waals surface area contributed by atoms with E-state index in [9.17, 15) is 19.2 Å². The number of carbonyl (C=O) groups excluding carboxylic acids is 1. The summed E-state index contributed by atoms with van der Waals surface area (Å²) in [5, 5.41) is 28.0. The molecule has 0 aromatic rings. The first-order valence-corrected chi connectivity index (χ1v) is 10.8. The van der Waals surface area contributed by atoms with Gasteiger partial charge in [-0.1, -0.05) is 0 Å². The van der Waals surface area contributed by atoms with Crippen molar-refractivity contribution < 1.29 is 34.5 Å². The van der Waals surface area contributed by atoms with Crippen LogP contribution < -0.4 is 16.8 Å². The van der Waals surface area contributed by atoms with Gasteiger partial charge in [-0.3, -0.25) is 14.4 Å². The number of hydrogen-bond acceptors (Lipinski definition) is 8. The van der Waals surface area contributed by atoms with Crippen molar-refractivity contribution in [3.05, 3.63) is 0 Å². The van der Waals surface area contributed by atoms with Gasteiger partial charge in [-0.2, -0.15) is 23.5 Å². The molecule has 8 N–H and O–H groups in total. The number of aliphatic carboxylic acids is 3. The van der Waals surface area contributed by atoms with Crippen molar-refractivity contribution in [1.29, 1.82) is 0 Å². The third-order valence-electron chi connectivity index (χ3n) is 3.19. The topological polar surface area (TPSA) is 193 Å². The summed E-state index contributed by atoms with van der Waals surface area (Å²) in [4.78, 5) is 42.8. The molecule has 0 rings (SSSR count). The first-order chi connectivity index (χ1) is 12.6. The Morgan fingerprint density at radius 1 is 0.815 bits per heavy atom. The molecular weight excluding hydrogens is 398 g/mol. The predicted molar refractivity (Wildman–Crippen MR) is 106 cm³/mol. The first-order valence-electron chi connectivity index (χ1n) is 8.03. The summed E-state index contributed by atoms with van der Waals surface area (Å²) in [7, 11) is 0. The molecule has 0 radical (unpaired) electrons. The van der Waals surface area contributed by atoms with Gasteiger partial charge in [0.25, 0.3) is 0 Å². The molecule has 158 valence electrons. The monoisotopic (exact) mass is 427 g/mol. The summed E-state index contributed by atoms with van der Waals surface area (Å²) in [5.74, 6) is -2.26. The molecule has 0 heterocycles. The highest BCUT2D eigenvalue weighted by Gasteiger charge is 2.20. The van der Waals surface area contributed by atoms with Crippen molar-refractivity contribution >= 4 is 47.3 Å². The van der Waals surface area contributed by atoms with Crippen molar-refractivity contribution in [2.45, 2.75) is 43.8 Å². The Labute approximate surface area is 166 Å². The molecule has 0 spiro atoms. The van der Waals surface area contributed by atoms with Gasteiger partial charge in [0.15, 0.2) is 0 Å². The van der Waals surface area contributed by atoms with Crippen LogP contribution in [-0.2, 0) is 19.2 Å². The molecule has 3 unspecified atom stereocenters. The predicted octanol–water partition coefficient (Wildman–Crippen LogP) is -0.348. The van der Waals surface area contributed by atoms with E-state index in [0.717, 1.165) is 5.75 Å². The molecular formula is C15H29N3O7S2. The minimum atomic E-state index is -1.18. The highest BCUT2D eigenvalue weighted by Crippen LogP contribution is 2.02. The van der Waals surface area contributed by atoms with Gasteiger partial charge in [-0.25, -0.2) is 4.79 Å². The van der Waals surface area contributed by atoms with E-state index < -0.39 is 41.9 Å². The lowest BCUT2D eigenvalue weighted by atomic mass is 10.1. The van der Waals surface area contributed by atoms with Crippen molar-refractivity contribution in [2.24, 2.45) is 11.5 Å². The van der Waals surface area contributed by atoms with Crippen molar-refractivity contribution in [3.63, 3.8) is 0 Å². The van der Waals surface area contributed by atoms with E-state index >= 15 is 0 Å². The van der Waals surface area contributed by atoms with Crippen LogP contribution in [0.3, 0.4) is 0 Å². The molecule has 3 atom stereocenters. The van der Waals surface area contributed by atoms with E-state index in [1.165, 1.54) is 11.8 Å². The third-order valence-corrected chi connectivity index (χ3v) is 4.48. The van der Waals surface area contributed by atoms with Crippen LogP contribution in [0.2, 0.25) is 0 Å². The number of carbonyl (C=O) groups is 4. The van der Waals surface area contributed by atoms with Gasteiger partial charge >= 0.3 is 17.9 Å². The fourth-order valence-corrected chi connectivity index (χ4v) is 2.50. The summed E-state index contributed by atoms with van der Waals surface area (Å²) in [6.07, 6.45) is 4.53. The summed E-state index contributed by atoms with van der Waals surface area (Å²) >= 11 is 3.09. The molecule has 12 heteroatoms. The highest BCUT2D eigenvalue weighted by atomic mass is 32.2. The van der Waals surface area contributed by atoms with Crippen LogP contribution in [0.15, 0.2) is 0 Å². The number of rotatable bonds is 13. The van der Waals surface area contributed by atoms with Gasteiger partial charge in [0.05, 0.1) is 0 Å². The molecule has 27 heavy (non-hydrogen) atoms. The van der Waals surface area contributed by atoms with Crippen LogP contribution in [0, 0.1) is 0 Å². The van der Waals surface area contributed by atoms with Crippen molar-refractivity contribution in [2.75, 3.05) is 24.0 Å². The molecule has 0 fully saturated rings. The number of hydrogen-bond donors (Lipinski definition) is 6. The molecule has 0 bridgehead atoms. The summed E-state index contributed by atoms with van der Waals surface area (Å²) < 4.78 is 0. The fourth-order valence-electron chi connectivity index (χ4n) is 1.54. The van der Waals surface area contributed by atoms with Gasteiger partial charge in [0.2, 0.25) is 5.91 Å². The van der Waals surface area contributed by atoms with Gasteiger partial charge in [-0.05, 0) is 43.3 Å². The molecule has 0 aliphatic heterocycles. The molecule has 0 saturated heterocycles. The van der Waals surface area contributed by atoms with Crippen molar-refractivity contribution in [1.82, 2.24) is 5.32 Å². The molecule has 1 amide bonds. The second-order valence-electron chi connectivity index (χ2n) is 5.45. The zero-order chi connectivity index (χ0) is 21.4. The normalized spacial score (nSPS) is 13.5. The van der Waals surface area contributed by atoms with Gasteiger partial charge in [0.1, 0.15) is 18.1 Å². The van der Waals surface area contributed by atoms with Gasteiger partial charge < -0.3 is 32.1 Å². The lowest BCUT2D eigenvalue weighted by Crippen LogP contribution is -2.42. The Hall–Kier alpha value is -1.50. The van der Waals surface area contributed by atoms with Crippen LogP contribution in [0.5, 0.6) is 0 Å². The van der Waals surface area contributed by atoms with Gasteiger partial charge in [-0.15, -0.1) is 0 Å². The Balaban J connectivity index is 0. The van der Waals surface area contributed by atoms with Crippen molar-refractivity contribution in [3.8, 4) is 0 Å². The number of nitrogens with two attached hydrogens (primary N) is 2. The maximum absolute atomic E-state index is 11.4. The van der Waals surface area contributed by atoms with E-state index in [2.05, 4.69) is 5.32 Å². The molecule has 0 aliphatic rings. The number of carboxylic acids is 3.